The Kier molecular flexibility index (Phi) is 6.10. The second kappa shape index (κ2) is 7.18. The Hall–Kier alpha value is -1.20. The van der Waals surface area contributed by atoms with E-state index in [1.54, 1.807) is 6.07 Å². The van der Waals surface area contributed by atoms with Crippen molar-refractivity contribution >= 4 is 22.4 Å². The molecule has 0 amide bonds. The van der Waals surface area contributed by atoms with Gasteiger partial charge >= 0.3 is 0 Å². The van der Waals surface area contributed by atoms with Crippen molar-refractivity contribution < 1.29 is 12.8 Å². The number of hydrogen-bond donors (Lipinski definition) is 2. The van der Waals surface area contributed by atoms with Crippen molar-refractivity contribution in [2.24, 2.45) is 11.7 Å². The van der Waals surface area contributed by atoms with Crippen LogP contribution in [0.4, 0.5) is 4.39 Å². The molecular formula is C13H17ClFN3O2S. The van der Waals surface area contributed by atoms with Crippen LogP contribution < -0.4 is 10.5 Å². The van der Waals surface area contributed by atoms with Gasteiger partial charge in [-0.1, -0.05) is 6.42 Å². The van der Waals surface area contributed by atoms with Gasteiger partial charge in [0.15, 0.2) is 0 Å². The highest BCUT2D eigenvalue weighted by atomic mass is 35.5. The molecule has 21 heavy (non-hydrogen) atoms. The fourth-order valence-electron chi connectivity index (χ4n) is 2.53. The molecule has 0 aliphatic heterocycles. The number of halogens is 2. The molecule has 0 radical (unpaired) electrons. The third-order valence-corrected chi connectivity index (χ3v) is 5.14. The summed E-state index contributed by atoms with van der Waals surface area (Å²) in [6.07, 6.45) is 2.49. The summed E-state index contributed by atoms with van der Waals surface area (Å²) in [5, 5.41) is 8.66. The SMILES string of the molecule is Cl.N#Cc1ccc(S(=O)(=O)NC2CCCC2CN)c(F)c1. The van der Waals surface area contributed by atoms with Crippen LogP contribution in [0.5, 0.6) is 0 Å². The highest BCUT2D eigenvalue weighted by Gasteiger charge is 2.31. The average Bonchev–Trinajstić information content (AvgIpc) is 2.84. The summed E-state index contributed by atoms with van der Waals surface area (Å²) in [5.74, 6) is -0.829. The second-order valence-electron chi connectivity index (χ2n) is 4.91. The maximum Gasteiger partial charge on any atom is 0.243 e. The van der Waals surface area contributed by atoms with Gasteiger partial charge in [0.1, 0.15) is 10.7 Å². The number of hydrogen-bond acceptors (Lipinski definition) is 4. The molecule has 2 rings (SSSR count). The monoisotopic (exact) mass is 333 g/mol. The van der Waals surface area contributed by atoms with Crippen LogP contribution in [0.2, 0.25) is 0 Å². The normalized spacial score (nSPS) is 21.6. The Morgan fingerprint density at radius 1 is 1.43 bits per heavy atom. The molecule has 0 spiro atoms. The Morgan fingerprint density at radius 2 is 2.14 bits per heavy atom. The van der Waals surface area contributed by atoms with Crippen molar-refractivity contribution in [1.29, 1.82) is 5.26 Å². The molecule has 0 aromatic heterocycles. The van der Waals surface area contributed by atoms with Crippen molar-refractivity contribution in [2.75, 3.05) is 6.54 Å². The van der Waals surface area contributed by atoms with E-state index >= 15 is 0 Å². The van der Waals surface area contributed by atoms with Crippen molar-refractivity contribution in [2.45, 2.75) is 30.2 Å². The quantitative estimate of drug-likeness (QED) is 0.873. The molecule has 1 aliphatic rings. The van der Waals surface area contributed by atoms with E-state index in [4.69, 9.17) is 11.0 Å². The standard InChI is InChI=1S/C13H16FN3O2S.ClH/c14-11-6-9(7-15)4-5-13(11)20(18,19)17-12-3-1-2-10(12)8-16;/h4-6,10,12,17H,1-3,8,16H2;1H. The summed E-state index contributed by atoms with van der Waals surface area (Å²) in [7, 11) is -3.93. The maximum atomic E-state index is 13.8. The van der Waals surface area contributed by atoms with Crippen molar-refractivity contribution in [1.82, 2.24) is 4.72 Å². The van der Waals surface area contributed by atoms with Gasteiger partial charge in [-0.05, 0) is 43.5 Å². The molecule has 8 heteroatoms. The number of sulfonamides is 1. The predicted molar refractivity (Wildman–Crippen MR) is 78.9 cm³/mol. The zero-order valence-corrected chi connectivity index (χ0v) is 12.9. The summed E-state index contributed by atoms with van der Waals surface area (Å²) in [6, 6.07) is 4.83. The van der Waals surface area contributed by atoms with Gasteiger partial charge in [-0.25, -0.2) is 17.5 Å². The lowest BCUT2D eigenvalue weighted by atomic mass is 10.1. The number of rotatable bonds is 4. The van der Waals surface area contributed by atoms with E-state index in [1.165, 1.54) is 6.07 Å². The number of nitriles is 1. The summed E-state index contributed by atoms with van der Waals surface area (Å²) in [4.78, 5) is -0.431. The van der Waals surface area contributed by atoms with Gasteiger partial charge in [-0.2, -0.15) is 5.26 Å². The Morgan fingerprint density at radius 3 is 2.71 bits per heavy atom. The van der Waals surface area contributed by atoms with Gasteiger partial charge in [-0.3, -0.25) is 0 Å². The highest BCUT2D eigenvalue weighted by Crippen LogP contribution is 2.26. The van der Waals surface area contributed by atoms with Crippen molar-refractivity contribution in [3.63, 3.8) is 0 Å². The molecule has 1 fully saturated rings. The number of benzene rings is 1. The third kappa shape index (κ3) is 3.92. The fourth-order valence-corrected chi connectivity index (χ4v) is 3.92. The Balaban J connectivity index is 0.00000220. The lowest BCUT2D eigenvalue weighted by Gasteiger charge is -2.19. The predicted octanol–water partition coefficient (Wildman–Crippen LogP) is 1.52. The third-order valence-electron chi connectivity index (χ3n) is 3.62. The molecule has 3 N–H and O–H groups in total. The first kappa shape index (κ1) is 17.9. The Bertz CT molecular complexity index is 645. The summed E-state index contributed by atoms with van der Waals surface area (Å²) in [6.45, 7) is 0.406. The lowest BCUT2D eigenvalue weighted by Crippen LogP contribution is -2.40. The van der Waals surface area contributed by atoms with Crippen LogP contribution in [-0.2, 0) is 10.0 Å². The van der Waals surface area contributed by atoms with E-state index in [9.17, 15) is 12.8 Å². The number of nitrogens with one attached hydrogen (secondary N) is 1. The minimum Gasteiger partial charge on any atom is -0.330 e. The van der Waals surface area contributed by atoms with E-state index in [0.717, 1.165) is 25.0 Å². The zero-order chi connectivity index (χ0) is 14.8. The van der Waals surface area contributed by atoms with Gasteiger partial charge in [0, 0.05) is 6.04 Å². The van der Waals surface area contributed by atoms with E-state index in [-0.39, 0.29) is 29.9 Å². The second-order valence-corrected chi connectivity index (χ2v) is 6.59. The molecule has 5 nitrogen and oxygen atoms in total. The molecule has 0 bridgehead atoms. The van der Waals surface area contributed by atoms with Gasteiger partial charge in [-0.15, -0.1) is 12.4 Å². The minimum atomic E-state index is -3.93. The average molecular weight is 334 g/mol. The maximum absolute atomic E-state index is 13.8. The molecule has 1 aromatic carbocycles. The topological polar surface area (TPSA) is 96.0 Å². The van der Waals surface area contributed by atoms with Crippen LogP contribution in [0.25, 0.3) is 0 Å². The highest BCUT2D eigenvalue weighted by molar-refractivity contribution is 7.89. The van der Waals surface area contributed by atoms with Gasteiger partial charge < -0.3 is 5.73 Å². The van der Waals surface area contributed by atoms with E-state index in [0.29, 0.717) is 13.0 Å². The van der Waals surface area contributed by atoms with Gasteiger partial charge in [0.05, 0.1) is 11.6 Å². The molecule has 2 unspecified atom stereocenters. The van der Waals surface area contributed by atoms with Crippen LogP contribution in [0.15, 0.2) is 23.1 Å². The van der Waals surface area contributed by atoms with Crippen molar-refractivity contribution in [3.8, 4) is 6.07 Å². The van der Waals surface area contributed by atoms with Crippen LogP contribution in [-0.4, -0.2) is 21.0 Å². The van der Waals surface area contributed by atoms with Crippen LogP contribution in [0.3, 0.4) is 0 Å². The molecule has 116 valence electrons. The number of nitrogens with two attached hydrogens (primary N) is 1. The van der Waals surface area contributed by atoms with Crippen LogP contribution in [0.1, 0.15) is 24.8 Å². The molecule has 1 aromatic rings. The van der Waals surface area contributed by atoms with E-state index in [2.05, 4.69) is 4.72 Å². The zero-order valence-electron chi connectivity index (χ0n) is 11.3. The van der Waals surface area contributed by atoms with Gasteiger partial charge in [0.2, 0.25) is 10.0 Å². The molecule has 2 atom stereocenters. The lowest BCUT2D eigenvalue weighted by molar-refractivity contribution is 0.451. The minimum absolute atomic E-state index is 0. The summed E-state index contributed by atoms with van der Waals surface area (Å²) < 4.78 is 40.7. The summed E-state index contributed by atoms with van der Waals surface area (Å²) >= 11 is 0. The van der Waals surface area contributed by atoms with E-state index < -0.39 is 20.7 Å². The first-order valence-corrected chi connectivity index (χ1v) is 7.88. The Labute approximate surface area is 129 Å². The molecule has 1 saturated carbocycles. The fraction of sp³-hybridized carbons (Fsp3) is 0.462. The number of nitrogens with zero attached hydrogens (tertiary/aromatic N) is 1. The van der Waals surface area contributed by atoms with Crippen LogP contribution in [0, 0.1) is 23.1 Å². The van der Waals surface area contributed by atoms with E-state index in [1.807, 2.05) is 0 Å². The molecule has 1 aliphatic carbocycles. The van der Waals surface area contributed by atoms with Crippen molar-refractivity contribution in [3.05, 3.63) is 29.6 Å². The molecule has 0 heterocycles. The first-order valence-electron chi connectivity index (χ1n) is 6.40. The molecular weight excluding hydrogens is 317 g/mol. The van der Waals surface area contributed by atoms with Crippen LogP contribution >= 0.6 is 12.4 Å². The summed E-state index contributed by atoms with van der Waals surface area (Å²) in [5.41, 5.74) is 5.69. The largest absolute Gasteiger partial charge is 0.330 e. The smallest absolute Gasteiger partial charge is 0.243 e. The van der Waals surface area contributed by atoms with Gasteiger partial charge in [0.25, 0.3) is 0 Å². The first-order chi connectivity index (χ1) is 9.47. The molecule has 0 saturated heterocycles.